The second-order valence-electron chi connectivity index (χ2n) is 7.82. The molecule has 2 aromatic rings. The Bertz CT molecular complexity index is 860. The van der Waals surface area contributed by atoms with E-state index in [2.05, 4.69) is 9.88 Å². The molecule has 0 unspecified atom stereocenters. The van der Waals surface area contributed by atoms with Crippen LogP contribution < -0.4 is 10.6 Å². The largest absolute Gasteiger partial charge is 0.390 e. The van der Waals surface area contributed by atoms with Gasteiger partial charge in [0.25, 0.3) is 0 Å². The molecule has 2 aliphatic rings. The van der Waals surface area contributed by atoms with Crippen LogP contribution in [-0.2, 0) is 17.8 Å². The second kappa shape index (κ2) is 7.81. The SMILES string of the molecule is Cc1nc(N2CCC3(CCOC3)CC2)c(CO)nc1Cc1ccnc(N)c1Cl. The molecule has 4 heterocycles. The van der Waals surface area contributed by atoms with Crippen molar-refractivity contribution < 1.29 is 9.84 Å². The minimum Gasteiger partial charge on any atom is -0.390 e. The van der Waals surface area contributed by atoms with Crippen LogP contribution in [0.3, 0.4) is 0 Å². The van der Waals surface area contributed by atoms with Crippen LogP contribution in [0, 0.1) is 12.3 Å². The van der Waals surface area contributed by atoms with Crippen LogP contribution in [0.5, 0.6) is 0 Å². The fourth-order valence-electron chi connectivity index (χ4n) is 4.16. The van der Waals surface area contributed by atoms with E-state index in [0.717, 1.165) is 68.3 Å². The number of nitrogens with two attached hydrogens (primary N) is 1. The highest BCUT2D eigenvalue weighted by Crippen LogP contribution is 2.40. The predicted molar refractivity (Wildman–Crippen MR) is 108 cm³/mol. The molecule has 2 aliphatic heterocycles. The van der Waals surface area contributed by atoms with Crippen LogP contribution in [0.15, 0.2) is 12.3 Å². The first kappa shape index (κ1) is 19.4. The van der Waals surface area contributed by atoms with Gasteiger partial charge in [0.1, 0.15) is 11.5 Å². The second-order valence-corrected chi connectivity index (χ2v) is 8.20. The molecule has 0 atom stereocenters. The lowest BCUT2D eigenvalue weighted by molar-refractivity contribution is 0.133. The van der Waals surface area contributed by atoms with Crippen molar-refractivity contribution in [3.05, 3.63) is 39.9 Å². The van der Waals surface area contributed by atoms with Gasteiger partial charge in [0, 0.05) is 32.3 Å². The molecule has 2 aromatic heterocycles. The average Bonchev–Trinajstić information content (AvgIpc) is 3.15. The molecule has 150 valence electrons. The number of aryl methyl sites for hydroxylation is 1. The number of nitrogens with zero attached hydrogens (tertiary/aromatic N) is 4. The number of pyridine rings is 1. The molecule has 0 radical (unpaired) electrons. The quantitative estimate of drug-likeness (QED) is 0.809. The van der Waals surface area contributed by atoms with Gasteiger partial charge in [-0.2, -0.15) is 0 Å². The first-order valence-corrected chi connectivity index (χ1v) is 10.1. The van der Waals surface area contributed by atoms with Crippen molar-refractivity contribution >= 4 is 23.2 Å². The standard InChI is InChI=1S/C20H26ClN5O2/c1-13-15(10-14-2-6-23-18(22)17(14)21)25-16(11-27)19(24-13)26-7-3-20(4-8-26)5-9-28-12-20/h2,6,27H,3-5,7-12H2,1H3,(H2,22,23). The van der Waals surface area contributed by atoms with Crippen molar-refractivity contribution in [3.63, 3.8) is 0 Å². The molecule has 8 heteroatoms. The summed E-state index contributed by atoms with van der Waals surface area (Å²) in [5, 5.41) is 10.4. The van der Waals surface area contributed by atoms with Crippen LogP contribution in [-0.4, -0.2) is 46.4 Å². The molecule has 2 saturated heterocycles. The highest BCUT2D eigenvalue weighted by Gasteiger charge is 2.38. The zero-order valence-corrected chi connectivity index (χ0v) is 16.9. The summed E-state index contributed by atoms with van der Waals surface area (Å²) in [5.74, 6) is 1.10. The van der Waals surface area contributed by atoms with Gasteiger partial charge in [-0.25, -0.2) is 15.0 Å². The Kier molecular flexibility index (Phi) is 5.40. The van der Waals surface area contributed by atoms with Crippen molar-refractivity contribution in [3.8, 4) is 0 Å². The number of nitrogen functional groups attached to an aromatic ring is 1. The third-order valence-corrected chi connectivity index (χ3v) is 6.47. The maximum absolute atomic E-state index is 9.93. The van der Waals surface area contributed by atoms with Gasteiger partial charge >= 0.3 is 0 Å². The van der Waals surface area contributed by atoms with E-state index in [4.69, 9.17) is 32.0 Å². The normalized spacial score (nSPS) is 18.8. The summed E-state index contributed by atoms with van der Waals surface area (Å²) in [4.78, 5) is 15.8. The lowest BCUT2D eigenvalue weighted by Crippen LogP contribution is -2.41. The molecular weight excluding hydrogens is 378 g/mol. The summed E-state index contributed by atoms with van der Waals surface area (Å²) in [6.45, 7) is 5.37. The molecular formula is C20H26ClN5O2. The van der Waals surface area contributed by atoms with Crippen LogP contribution in [0.4, 0.5) is 11.6 Å². The fourth-order valence-corrected chi connectivity index (χ4v) is 4.34. The van der Waals surface area contributed by atoms with Gasteiger partial charge in [-0.1, -0.05) is 11.6 Å². The first-order chi connectivity index (χ1) is 13.5. The number of hydrogen-bond acceptors (Lipinski definition) is 7. The Morgan fingerprint density at radius 2 is 2.04 bits per heavy atom. The van der Waals surface area contributed by atoms with Crippen LogP contribution in [0.25, 0.3) is 0 Å². The van der Waals surface area contributed by atoms with Crippen molar-refractivity contribution in [1.29, 1.82) is 0 Å². The van der Waals surface area contributed by atoms with E-state index >= 15 is 0 Å². The van der Waals surface area contributed by atoms with Crippen LogP contribution >= 0.6 is 11.6 Å². The summed E-state index contributed by atoms with van der Waals surface area (Å²) in [6, 6.07) is 1.83. The number of piperidine rings is 1. The number of hydrogen-bond donors (Lipinski definition) is 2. The Hall–Kier alpha value is -1.96. The Morgan fingerprint density at radius 1 is 1.25 bits per heavy atom. The van der Waals surface area contributed by atoms with E-state index in [1.807, 2.05) is 13.0 Å². The van der Waals surface area contributed by atoms with Crippen LogP contribution in [0.2, 0.25) is 5.02 Å². The molecule has 1 spiro atoms. The van der Waals surface area contributed by atoms with Crippen molar-refractivity contribution in [2.24, 2.45) is 5.41 Å². The summed E-state index contributed by atoms with van der Waals surface area (Å²) in [5.41, 5.74) is 9.22. The summed E-state index contributed by atoms with van der Waals surface area (Å²) >= 11 is 6.28. The molecule has 0 amide bonds. The maximum atomic E-state index is 9.93. The highest BCUT2D eigenvalue weighted by molar-refractivity contribution is 6.33. The number of aliphatic hydroxyl groups is 1. The molecule has 7 nitrogen and oxygen atoms in total. The molecule has 4 rings (SSSR count). The van der Waals surface area contributed by atoms with Gasteiger partial charge < -0.3 is 20.5 Å². The summed E-state index contributed by atoms with van der Waals surface area (Å²) in [7, 11) is 0. The molecule has 28 heavy (non-hydrogen) atoms. The molecule has 2 fully saturated rings. The smallest absolute Gasteiger partial charge is 0.153 e. The zero-order valence-electron chi connectivity index (χ0n) is 16.1. The summed E-state index contributed by atoms with van der Waals surface area (Å²) in [6.07, 6.45) is 5.46. The zero-order chi connectivity index (χ0) is 19.7. The molecule has 3 N–H and O–H groups in total. The van der Waals surface area contributed by atoms with Gasteiger partial charge in [-0.15, -0.1) is 0 Å². The van der Waals surface area contributed by atoms with Gasteiger partial charge in [0.2, 0.25) is 0 Å². The topological polar surface area (TPSA) is 97.4 Å². The lowest BCUT2D eigenvalue weighted by Gasteiger charge is -2.39. The van der Waals surface area contributed by atoms with Crippen molar-refractivity contribution in [2.45, 2.75) is 39.2 Å². The van der Waals surface area contributed by atoms with Gasteiger partial charge in [-0.3, -0.25) is 0 Å². The Balaban J connectivity index is 1.57. The maximum Gasteiger partial charge on any atom is 0.153 e. The number of ether oxygens (including phenoxy) is 1. The number of anilines is 2. The van der Waals surface area contributed by atoms with E-state index in [1.165, 1.54) is 0 Å². The third kappa shape index (κ3) is 3.66. The van der Waals surface area contributed by atoms with Crippen molar-refractivity contribution in [1.82, 2.24) is 15.0 Å². The third-order valence-electron chi connectivity index (χ3n) is 6.03. The highest BCUT2D eigenvalue weighted by atomic mass is 35.5. The van der Waals surface area contributed by atoms with Crippen LogP contribution in [0.1, 0.15) is 41.9 Å². The van der Waals surface area contributed by atoms with Gasteiger partial charge in [-0.05, 0) is 43.2 Å². The number of aliphatic hydroxyl groups excluding tert-OH is 1. The molecule has 0 bridgehead atoms. The number of halogens is 1. The van der Waals surface area contributed by atoms with E-state index in [-0.39, 0.29) is 6.61 Å². The summed E-state index contributed by atoms with van der Waals surface area (Å²) < 4.78 is 5.62. The first-order valence-electron chi connectivity index (χ1n) is 9.70. The van der Waals surface area contributed by atoms with Gasteiger partial charge in [0.15, 0.2) is 5.82 Å². The number of aromatic nitrogens is 3. The number of rotatable bonds is 4. The average molecular weight is 404 g/mol. The molecule has 0 saturated carbocycles. The fraction of sp³-hybridized carbons (Fsp3) is 0.550. The van der Waals surface area contributed by atoms with Gasteiger partial charge in [0.05, 0.1) is 29.6 Å². The lowest BCUT2D eigenvalue weighted by atomic mass is 9.78. The Morgan fingerprint density at radius 3 is 2.71 bits per heavy atom. The van der Waals surface area contributed by atoms with E-state index in [0.29, 0.717) is 28.4 Å². The molecule has 0 aliphatic carbocycles. The van der Waals surface area contributed by atoms with E-state index < -0.39 is 0 Å². The van der Waals surface area contributed by atoms with Crippen molar-refractivity contribution in [2.75, 3.05) is 36.9 Å². The van der Waals surface area contributed by atoms with E-state index in [9.17, 15) is 5.11 Å². The Labute approximate surface area is 169 Å². The molecule has 0 aromatic carbocycles. The minimum absolute atomic E-state index is 0.146. The minimum atomic E-state index is -0.146. The predicted octanol–water partition coefficient (Wildman–Crippen LogP) is 2.51. The monoisotopic (exact) mass is 403 g/mol. The van der Waals surface area contributed by atoms with E-state index in [1.54, 1.807) is 6.20 Å².